The van der Waals surface area contributed by atoms with Gasteiger partial charge in [-0.25, -0.2) is 0 Å². The molecule has 0 heterocycles. The van der Waals surface area contributed by atoms with E-state index in [-0.39, 0.29) is 0 Å². The molecule has 2 heteroatoms. The van der Waals surface area contributed by atoms with Crippen LogP contribution in [0.1, 0.15) is 57.2 Å². The fraction of sp³-hybridized carbons (Fsp3) is 0.647. The summed E-state index contributed by atoms with van der Waals surface area (Å²) in [6.45, 7) is 9.82. The topological polar surface area (TPSA) is 21.3 Å². The molecular formula is C17H29NO. The molecule has 1 aromatic carbocycles. The molecule has 0 aliphatic heterocycles. The zero-order valence-corrected chi connectivity index (χ0v) is 13.1. The Kier molecular flexibility index (Phi) is 6.93. The third-order valence-corrected chi connectivity index (χ3v) is 3.94. The lowest BCUT2D eigenvalue weighted by Crippen LogP contribution is -2.24. The van der Waals surface area contributed by atoms with Crippen molar-refractivity contribution < 1.29 is 4.74 Å². The van der Waals surface area contributed by atoms with Crippen LogP contribution in [-0.4, -0.2) is 13.7 Å². The molecule has 1 atom stereocenters. The van der Waals surface area contributed by atoms with Gasteiger partial charge in [0.1, 0.15) is 5.75 Å². The van der Waals surface area contributed by atoms with E-state index in [1.165, 1.54) is 30.4 Å². The Balaban J connectivity index is 2.97. The van der Waals surface area contributed by atoms with Gasteiger partial charge in [0.25, 0.3) is 0 Å². The van der Waals surface area contributed by atoms with Crippen LogP contribution < -0.4 is 10.1 Å². The van der Waals surface area contributed by atoms with E-state index in [2.05, 4.69) is 51.2 Å². The van der Waals surface area contributed by atoms with E-state index in [4.69, 9.17) is 4.74 Å². The molecule has 1 rings (SSSR count). The fourth-order valence-corrected chi connectivity index (χ4v) is 2.63. The van der Waals surface area contributed by atoms with Gasteiger partial charge in [0.05, 0.1) is 7.11 Å². The van der Waals surface area contributed by atoms with Gasteiger partial charge in [0, 0.05) is 11.6 Å². The summed E-state index contributed by atoms with van der Waals surface area (Å²) < 4.78 is 5.56. The highest BCUT2D eigenvalue weighted by atomic mass is 16.5. The van der Waals surface area contributed by atoms with Crippen LogP contribution in [0.15, 0.2) is 18.2 Å². The first-order valence-electron chi connectivity index (χ1n) is 7.54. The molecule has 0 amide bonds. The first-order chi connectivity index (χ1) is 9.15. The Morgan fingerprint density at radius 1 is 1.16 bits per heavy atom. The maximum absolute atomic E-state index is 5.56. The standard InChI is InChI=1S/C17H29NO/c1-6-14(7-2)12-16(18-8-3)15-10-9-13(4)11-17(15)19-5/h9-11,14,16,18H,6-8,12H2,1-5H3. The predicted molar refractivity (Wildman–Crippen MR) is 82.8 cm³/mol. The normalized spacial score (nSPS) is 12.7. The van der Waals surface area contributed by atoms with Crippen LogP contribution in [0, 0.1) is 12.8 Å². The monoisotopic (exact) mass is 263 g/mol. The van der Waals surface area contributed by atoms with Crippen molar-refractivity contribution in [2.45, 2.75) is 53.0 Å². The molecule has 0 saturated carbocycles. The Hall–Kier alpha value is -1.02. The number of rotatable bonds is 8. The summed E-state index contributed by atoms with van der Waals surface area (Å²) in [7, 11) is 1.76. The Morgan fingerprint density at radius 3 is 2.37 bits per heavy atom. The number of benzene rings is 1. The number of ether oxygens (including phenoxy) is 1. The molecule has 19 heavy (non-hydrogen) atoms. The maximum atomic E-state index is 5.56. The lowest BCUT2D eigenvalue weighted by atomic mass is 9.90. The summed E-state index contributed by atoms with van der Waals surface area (Å²) in [6, 6.07) is 6.91. The molecule has 1 aromatic rings. The zero-order valence-electron chi connectivity index (χ0n) is 13.1. The van der Waals surface area contributed by atoms with Crippen molar-refractivity contribution in [3.05, 3.63) is 29.3 Å². The van der Waals surface area contributed by atoms with Gasteiger partial charge < -0.3 is 10.1 Å². The summed E-state index contributed by atoms with van der Waals surface area (Å²) in [5.74, 6) is 1.78. The van der Waals surface area contributed by atoms with E-state index in [9.17, 15) is 0 Å². The van der Waals surface area contributed by atoms with E-state index in [0.29, 0.717) is 6.04 Å². The molecule has 0 aliphatic carbocycles. The molecule has 1 unspecified atom stereocenters. The first-order valence-corrected chi connectivity index (χ1v) is 7.54. The summed E-state index contributed by atoms with van der Waals surface area (Å²) in [4.78, 5) is 0. The molecule has 1 N–H and O–H groups in total. The van der Waals surface area contributed by atoms with Crippen LogP contribution in [0.3, 0.4) is 0 Å². The van der Waals surface area contributed by atoms with Gasteiger partial charge in [0.15, 0.2) is 0 Å². The summed E-state index contributed by atoms with van der Waals surface area (Å²) in [5, 5.41) is 3.61. The Labute approximate surface area is 118 Å². The van der Waals surface area contributed by atoms with Crippen LogP contribution in [-0.2, 0) is 0 Å². The fourth-order valence-electron chi connectivity index (χ4n) is 2.63. The summed E-state index contributed by atoms with van der Waals surface area (Å²) in [6.07, 6.45) is 3.67. The van der Waals surface area contributed by atoms with Gasteiger partial charge in [-0.05, 0) is 37.4 Å². The van der Waals surface area contributed by atoms with Gasteiger partial charge in [-0.3, -0.25) is 0 Å². The second-order valence-electron chi connectivity index (χ2n) is 5.27. The summed E-state index contributed by atoms with van der Waals surface area (Å²) >= 11 is 0. The van der Waals surface area contributed by atoms with Crippen LogP contribution in [0.5, 0.6) is 5.75 Å². The molecule has 0 aliphatic rings. The van der Waals surface area contributed by atoms with E-state index < -0.39 is 0 Å². The maximum Gasteiger partial charge on any atom is 0.123 e. The molecule has 2 nitrogen and oxygen atoms in total. The van der Waals surface area contributed by atoms with E-state index >= 15 is 0 Å². The van der Waals surface area contributed by atoms with Crippen molar-refractivity contribution in [2.75, 3.05) is 13.7 Å². The lowest BCUT2D eigenvalue weighted by Gasteiger charge is -2.25. The van der Waals surface area contributed by atoms with Crippen molar-refractivity contribution in [1.29, 1.82) is 0 Å². The minimum atomic E-state index is 0.394. The number of hydrogen-bond acceptors (Lipinski definition) is 2. The van der Waals surface area contributed by atoms with E-state index in [1.54, 1.807) is 7.11 Å². The third-order valence-electron chi connectivity index (χ3n) is 3.94. The number of hydrogen-bond donors (Lipinski definition) is 1. The van der Waals surface area contributed by atoms with Gasteiger partial charge in [0.2, 0.25) is 0 Å². The van der Waals surface area contributed by atoms with Crippen molar-refractivity contribution >= 4 is 0 Å². The highest BCUT2D eigenvalue weighted by molar-refractivity contribution is 5.39. The van der Waals surface area contributed by atoms with Crippen LogP contribution in [0.2, 0.25) is 0 Å². The summed E-state index contributed by atoms with van der Waals surface area (Å²) in [5.41, 5.74) is 2.54. The van der Waals surface area contributed by atoms with Crippen molar-refractivity contribution in [3.63, 3.8) is 0 Å². The SMILES string of the molecule is CCNC(CC(CC)CC)c1ccc(C)cc1OC. The zero-order chi connectivity index (χ0) is 14.3. The number of aryl methyl sites for hydroxylation is 1. The van der Waals surface area contributed by atoms with Gasteiger partial charge in [-0.15, -0.1) is 0 Å². The van der Waals surface area contributed by atoms with Gasteiger partial charge in [-0.2, -0.15) is 0 Å². The van der Waals surface area contributed by atoms with Crippen LogP contribution in [0.4, 0.5) is 0 Å². The molecule has 0 radical (unpaired) electrons. The van der Waals surface area contributed by atoms with E-state index in [0.717, 1.165) is 18.2 Å². The van der Waals surface area contributed by atoms with Crippen LogP contribution >= 0.6 is 0 Å². The minimum absolute atomic E-state index is 0.394. The molecule has 0 spiro atoms. The first kappa shape index (κ1) is 16.0. The van der Waals surface area contributed by atoms with Crippen LogP contribution in [0.25, 0.3) is 0 Å². The van der Waals surface area contributed by atoms with Crippen molar-refractivity contribution in [2.24, 2.45) is 5.92 Å². The van der Waals surface area contributed by atoms with Gasteiger partial charge in [-0.1, -0.05) is 45.7 Å². The highest BCUT2D eigenvalue weighted by Gasteiger charge is 2.18. The number of nitrogens with one attached hydrogen (secondary N) is 1. The molecule has 108 valence electrons. The highest BCUT2D eigenvalue weighted by Crippen LogP contribution is 2.32. The average molecular weight is 263 g/mol. The van der Waals surface area contributed by atoms with Gasteiger partial charge >= 0.3 is 0 Å². The smallest absolute Gasteiger partial charge is 0.123 e. The molecule has 0 saturated heterocycles. The number of methoxy groups -OCH3 is 1. The lowest BCUT2D eigenvalue weighted by molar-refractivity contribution is 0.356. The largest absolute Gasteiger partial charge is 0.496 e. The molecular weight excluding hydrogens is 234 g/mol. The van der Waals surface area contributed by atoms with E-state index in [1.807, 2.05) is 0 Å². The molecule has 0 bridgehead atoms. The Bertz CT molecular complexity index is 372. The minimum Gasteiger partial charge on any atom is -0.496 e. The second-order valence-corrected chi connectivity index (χ2v) is 5.27. The quantitative estimate of drug-likeness (QED) is 0.746. The predicted octanol–water partition coefficient (Wildman–Crippen LogP) is 4.48. The van der Waals surface area contributed by atoms with Crippen molar-refractivity contribution in [1.82, 2.24) is 5.32 Å². The average Bonchev–Trinajstić information content (AvgIpc) is 2.43. The molecule has 0 aromatic heterocycles. The Morgan fingerprint density at radius 2 is 1.84 bits per heavy atom. The third kappa shape index (κ3) is 4.54. The van der Waals surface area contributed by atoms with Crippen molar-refractivity contribution in [3.8, 4) is 5.75 Å². The molecule has 0 fully saturated rings. The second kappa shape index (κ2) is 8.21.